The summed E-state index contributed by atoms with van der Waals surface area (Å²) in [7, 11) is 3.86. The van der Waals surface area contributed by atoms with E-state index in [4.69, 9.17) is 24.5 Å². The maximum Gasteiger partial charge on any atom is 0.490 e. The number of aliphatic carboxylic acids is 2. The Morgan fingerprint density at radius 3 is 2.05 bits per heavy atom. The zero-order valence-electron chi connectivity index (χ0n) is 20.6. The first-order chi connectivity index (χ1) is 17.1. The van der Waals surface area contributed by atoms with E-state index in [1.54, 1.807) is 0 Å². The molecular formula is C22H32F6N4O5. The number of carbonyl (C=O) groups is 2. The molecule has 0 bridgehead atoms. The van der Waals surface area contributed by atoms with Gasteiger partial charge in [-0.25, -0.2) is 9.59 Å². The lowest BCUT2D eigenvalue weighted by atomic mass is 9.77. The Labute approximate surface area is 210 Å². The van der Waals surface area contributed by atoms with Crippen LogP contribution in [-0.4, -0.2) is 101 Å². The normalized spacial score (nSPS) is 24.4. The quantitative estimate of drug-likeness (QED) is 0.525. The first-order valence-electron chi connectivity index (χ1n) is 11.6. The SMILES string of the molecule is COC[C@@H]1CN(CC2CC2)C[C@@]12CCN(Cc1cnn(C)c1)C2.O=C(O)C(F)(F)F.O=C(O)C(F)(F)F. The van der Waals surface area contributed by atoms with Crippen LogP contribution in [-0.2, 0) is 27.9 Å². The Morgan fingerprint density at radius 2 is 1.62 bits per heavy atom. The maximum atomic E-state index is 10.6. The van der Waals surface area contributed by atoms with E-state index in [0.29, 0.717) is 11.3 Å². The van der Waals surface area contributed by atoms with E-state index < -0.39 is 24.3 Å². The second-order valence-corrected chi connectivity index (χ2v) is 9.74. The Balaban J connectivity index is 0.000000286. The summed E-state index contributed by atoms with van der Waals surface area (Å²) in [6.45, 7) is 8.24. The minimum Gasteiger partial charge on any atom is -0.475 e. The maximum absolute atomic E-state index is 10.6. The molecule has 15 heteroatoms. The summed E-state index contributed by atoms with van der Waals surface area (Å²) in [5, 5.41) is 18.6. The van der Waals surface area contributed by atoms with E-state index in [9.17, 15) is 26.3 Å². The summed E-state index contributed by atoms with van der Waals surface area (Å²) < 4.78 is 71.0. The van der Waals surface area contributed by atoms with Crippen molar-refractivity contribution in [1.82, 2.24) is 19.6 Å². The second-order valence-electron chi connectivity index (χ2n) is 9.74. The summed E-state index contributed by atoms with van der Waals surface area (Å²) in [4.78, 5) is 23.1. The fourth-order valence-electron chi connectivity index (χ4n) is 4.77. The van der Waals surface area contributed by atoms with Crippen LogP contribution in [0.4, 0.5) is 26.3 Å². The molecule has 0 radical (unpaired) electrons. The molecule has 1 spiro atoms. The van der Waals surface area contributed by atoms with Crippen LogP contribution < -0.4 is 0 Å². The van der Waals surface area contributed by atoms with Gasteiger partial charge in [0, 0.05) is 70.0 Å². The number of halogens is 6. The topological polar surface area (TPSA) is 108 Å². The van der Waals surface area contributed by atoms with Gasteiger partial charge in [0.15, 0.2) is 0 Å². The summed E-state index contributed by atoms with van der Waals surface area (Å²) in [6, 6.07) is 0. The molecule has 0 aromatic carbocycles. The fourth-order valence-corrected chi connectivity index (χ4v) is 4.77. The van der Waals surface area contributed by atoms with Gasteiger partial charge in [-0.3, -0.25) is 9.58 Å². The molecule has 4 rings (SSSR count). The largest absolute Gasteiger partial charge is 0.490 e. The van der Waals surface area contributed by atoms with E-state index in [1.807, 2.05) is 25.0 Å². The van der Waals surface area contributed by atoms with Crippen LogP contribution in [0.2, 0.25) is 0 Å². The number of alkyl halides is 6. The highest BCUT2D eigenvalue weighted by Gasteiger charge is 2.50. The van der Waals surface area contributed by atoms with Gasteiger partial charge >= 0.3 is 24.3 Å². The molecule has 1 aromatic heterocycles. The third-order valence-corrected chi connectivity index (χ3v) is 6.58. The average Bonchev–Trinajstić information content (AvgIpc) is 3.19. The minimum absolute atomic E-state index is 0.451. The van der Waals surface area contributed by atoms with Crippen LogP contribution in [0.5, 0.6) is 0 Å². The van der Waals surface area contributed by atoms with Crippen molar-refractivity contribution in [3.63, 3.8) is 0 Å². The third-order valence-electron chi connectivity index (χ3n) is 6.58. The van der Waals surface area contributed by atoms with E-state index in [1.165, 1.54) is 57.5 Å². The molecule has 1 aromatic rings. The number of carboxylic acid groups (broad SMARTS) is 2. The molecule has 0 amide bonds. The number of hydrogen-bond donors (Lipinski definition) is 2. The fraction of sp³-hybridized carbons (Fsp3) is 0.773. The van der Waals surface area contributed by atoms with Gasteiger partial charge in [0.2, 0.25) is 0 Å². The van der Waals surface area contributed by atoms with Crippen LogP contribution in [0, 0.1) is 17.3 Å². The van der Waals surface area contributed by atoms with E-state index in [-0.39, 0.29) is 0 Å². The van der Waals surface area contributed by atoms with Crippen molar-refractivity contribution in [3.05, 3.63) is 18.0 Å². The summed E-state index contributed by atoms with van der Waals surface area (Å²) in [6.07, 6.45) is -1.79. The number of nitrogens with zero attached hydrogens (tertiary/aromatic N) is 4. The van der Waals surface area contributed by atoms with Gasteiger partial charge in [-0.15, -0.1) is 0 Å². The van der Waals surface area contributed by atoms with Gasteiger partial charge in [0.25, 0.3) is 0 Å². The molecule has 3 fully saturated rings. The van der Waals surface area contributed by atoms with E-state index in [2.05, 4.69) is 21.1 Å². The molecule has 2 atom stereocenters. The van der Waals surface area contributed by atoms with Gasteiger partial charge < -0.3 is 19.8 Å². The van der Waals surface area contributed by atoms with Crippen LogP contribution in [0.1, 0.15) is 24.8 Å². The Morgan fingerprint density at radius 1 is 1.08 bits per heavy atom. The van der Waals surface area contributed by atoms with Crippen molar-refractivity contribution in [1.29, 1.82) is 0 Å². The van der Waals surface area contributed by atoms with Crippen LogP contribution in [0.3, 0.4) is 0 Å². The lowest BCUT2D eigenvalue weighted by Gasteiger charge is -2.30. The summed E-state index contributed by atoms with van der Waals surface area (Å²) in [5.41, 5.74) is 1.79. The lowest BCUT2D eigenvalue weighted by molar-refractivity contribution is -0.193. The van der Waals surface area contributed by atoms with Gasteiger partial charge in [-0.05, 0) is 31.7 Å². The van der Waals surface area contributed by atoms with Crippen LogP contribution in [0.25, 0.3) is 0 Å². The second kappa shape index (κ2) is 12.4. The first kappa shape index (κ1) is 30.8. The smallest absolute Gasteiger partial charge is 0.475 e. The third kappa shape index (κ3) is 9.78. The summed E-state index contributed by atoms with van der Waals surface area (Å²) >= 11 is 0. The van der Waals surface area contributed by atoms with Crippen molar-refractivity contribution in [2.45, 2.75) is 38.2 Å². The molecule has 1 aliphatic carbocycles. The van der Waals surface area contributed by atoms with Gasteiger partial charge in [0.05, 0.1) is 12.8 Å². The molecule has 0 unspecified atom stereocenters. The standard InChI is InChI=1S/C18H30N4O.2C2HF3O2/c1-20-8-16(7-19-20)10-21-6-5-18(13-21)14-22(9-15-3-4-15)11-17(18)12-23-2;2*3-2(4,5)1(6)7/h7-8,15,17H,3-6,9-14H2,1-2H3;2*(H,6,7)/t17-,18-;;/m0../s1. The number of aromatic nitrogens is 2. The highest BCUT2D eigenvalue weighted by Crippen LogP contribution is 2.45. The van der Waals surface area contributed by atoms with Crippen LogP contribution >= 0.6 is 0 Å². The first-order valence-corrected chi connectivity index (χ1v) is 11.6. The molecule has 2 saturated heterocycles. The van der Waals surface area contributed by atoms with Crippen molar-refractivity contribution >= 4 is 11.9 Å². The number of carboxylic acids is 2. The van der Waals surface area contributed by atoms with E-state index in [0.717, 1.165) is 19.1 Å². The highest BCUT2D eigenvalue weighted by molar-refractivity contribution is 5.73. The minimum atomic E-state index is -5.08. The lowest BCUT2D eigenvalue weighted by Crippen LogP contribution is -2.36. The van der Waals surface area contributed by atoms with E-state index >= 15 is 0 Å². The molecule has 212 valence electrons. The molecule has 37 heavy (non-hydrogen) atoms. The molecule has 9 nitrogen and oxygen atoms in total. The number of hydrogen-bond acceptors (Lipinski definition) is 6. The van der Waals surface area contributed by atoms with Gasteiger partial charge in [0.1, 0.15) is 0 Å². The van der Waals surface area contributed by atoms with Crippen molar-refractivity contribution < 1.29 is 50.9 Å². The molecular weight excluding hydrogens is 514 g/mol. The Bertz CT molecular complexity index is 881. The predicted octanol–water partition coefficient (Wildman–Crippen LogP) is 2.87. The number of rotatable bonds is 6. The van der Waals surface area contributed by atoms with Crippen molar-refractivity contribution in [2.75, 3.05) is 46.4 Å². The van der Waals surface area contributed by atoms with Gasteiger partial charge in [-0.2, -0.15) is 31.4 Å². The molecule has 3 heterocycles. The summed E-state index contributed by atoms with van der Waals surface area (Å²) in [5.74, 6) is -3.83. The Kier molecular flexibility index (Phi) is 10.4. The number of aryl methyl sites for hydroxylation is 1. The monoisotopic (exact) mass is 546 g/mol. The van der Waals surface area contributed by atoms with Crippen molar-refractivity contribution in [2.24, 2.45) is 24.3 Å². The molecule has 1 saturated carbocycles. The number of ether oxygens (including phenoxy) is 1. The number of methoxy groups -OCH3 is 1. The zero-order chi connectivity index (χ0) is 28.0. The van der Waals surface area contributed by atoms with Gasteiger partial charge in [-0.1, -0.05) is 0 Å². The zero-order valence-corrected chi connectivity index (χ0v) is 20.6. The molecule has 2 aliphatic heterocycles. The average molecular weight is 547 g/mol. The Hall–Kier alpha value is -2.39. The predicted molar refractivity (Wildman–Crippen MR) is 117 cm³/mol. The molecule has 2 N–H and O–H groups in total. The highest BCUT2D eigenvalue weighted by atomic mass is 19.4. The van der Waals surface area contributed by atoms with Crippen LogP contribution in [0.15, 0.2) is 12.4 Å². The van der Waals surface area contributed by atoms with Crippen molar-refractivity contribution in [3.8, 4) is 0 Å². The molecule has 3 aliphatic rings. The number of likely N-dealkylation sites (tertiary alicyclic amines) is 2.